The standard InChI is InChI=1S/C12H19N3O2/c1-3-12(16)15-10-5-6-11(14-9-10)13-7-4-8-17-2/h5-6,9H,3-4,7-8H2,1-2H3,(H,13,14)(H,15,16). The maximum atomic E-state index is 11.1. The Bertz CT molecular complexity index is 338. The van der Waals surface area contributed by atoms with E-state index in [1.807, 2.05) is 19.1 Å². The van der Waals surface area contributed by atoms with Crippen molar-refractivity contribution in [3.63, 3.8) is 0 Å². The van der Waals surface area contributed by atoms with Crippen LogP contribution in [0.2, 0.25) is 0 Å². The van der Waals surface area contributed by atoms with Crippen molar-refractivity contribution in [1.29, 1.82) is 0 Å². The maximum absolute atomic E-state index is 11.1. The quantitative estimate of drug-likeness (QED) is 0.711. The average Bonchev–Trinajstić information content (AvgIpc) is 2.36. The first-order chi connectivity index (χ1) is 8.26. The van der Waals surface area contributed by atoms with Gasteiger partial charge >= 0.3 is 0 Å². The number of rotatable bonds is 7. The molecule has 1 heterocycles. The third kappa shape index (κ3) is 5.31. The van der Waals surface area contributed by atoms with E-state index in [9.17, 15) is 4.79 Å². The third-order valence-electron chi connectivity index (χ3n) is 2.20. The summed E-state index contributed by atoms with van der Waals surface area (Å²) < 4.78 is 4.95. The number of methoxy groups -OCH3 is 1. The van der Waals surface area contributed by atoms with E-state index in [4.69, 9.17) is 4.74 Å². The summed E-state index contributed by atoms with van der Waals surface area (Å²) in [6.07, 6.45) is 3.05. The number of carbonyl (C=O) groups is 1. The van der Waals surface area contributed by atoms with Crippen molar-refractivity contribution >= 4 is 17.4 Å². The average molecular weight is 237 g/mol. The SMILES string of the molecule is CCC(=O)Nc1ccc(NCCCOC)nc1. The molecule has 0 unspecified atom stereocenters. The van der Waals surface area contributed by atoms with E-state index in [0.717, 1.165) is 31.1 Å². The number of nitrogens with zero attached hydrogens (tertiary/aromatic N) is 1. The first-order valence-electron chi connectivity index (χ1n) is 5.75. The minimum absolute atomic E-state index is 0.00685. The van der Waals surface area contributed by atoms with Crippen LogP contribution in [0.25, 0.3) is 0 Å². The van der Waals surface area contributed by atoms with Gasteiger partial charge in [-0.15, -0.1) is 0 Å². The summed E-state index contributed by atoms with van der Waals surface area (Å²) in [4.78, 5) is 15.3. The second-order valence-electron chi connectivity index (χ2n) is 3.61. The van der Waals surface area contributed by atoms with Gasteiger partial charge in [0.15, 0.2) is 0 Å². The highest BCUT2D eigenvalue weighted by Gasteiger charge is 1.99. The number of amides is 1. The number of hydrogen-bond donors (Lipinski definition) is 2. The molecule has 0 radical (unpaired) electrons. The Balaban J connectivity index is 2.36. The van der Waals surface area contributed by atoms with Crippen LogP contribution >= 0.6 is 0 Å². The summed E-state index contributed by atoms with van der Waals surface area (Å²) in [6.45, 7) is 3.37. The Morgan fingerprint density at radius 2 is 2.29 bits per heavy atom. The number of pyridine rings is 1. The number of anilines is 2. The van der Waals surface area contributed by atoms with Crippen LogP contribution in [0.5, 0.6) is 0 Å². The summed E-state index contributed by atoms with van der Waals surface area (Å²) in [5.41, 5.74) is 0.722. The zero-order valence-corrected chi connectivity index (χ0v) is 10.3. The number of hydrogen-bond acceptors (Lipinski definition) is 4. The molecule has 94 valence electrons. The lowest BCUT2D eigenvalue weighted by molar-refractivity contribution is -0.115. The van der Waals surface area contributed by atoms with Crippen molar-refractivity contribution in [2.75, 3.05) is 30.9 Å². The highest BCUT2D eigenvalue weighted by atomic mass is 16.5. The van der Waals surface area contributed by atoms with Gasteiger partial charge in [-0.3, -0.25) is 4.79 Å². The Kier molecular flexibility index (Phi) is 6.03. The van der Waals surface area contributed by atoms with Crippen LogP contribution in [-0.4, -0.2) is 31.2 Å². The molecule has 0 saturated carbocycles. The molecular weight excluding hydrogens is 218 g/mol. The molecule has 5 heteroatoms. The highest BCUT2D eigenvalue weighted by molar-refractivity contribution is 5.90. The zero-order chi connectivity index (χ0) is 12.5. The predicted octanol–water partition coefficient (Wildman–Crippen LogP) is 1.88. The minimum Gasteiger partial charge on any atom is -0.385 e. The summed E-state index contributed by atoms with van der Waals surface area (Å²) >= 11 is 0. The molecule has 1 aromatic heterocycles. The maximum Gasteiger partial charge on any atom is 0.224 e. The van der Waals surface area contributed by atoms with Crippen LogP contribution in [0.1, 0.15) is 19.8 Å². The van der Waals surface area contributed by atoms with Crippen molar-refractivity contribution < 1.29 is 9.53 Å². The molecule has 0 aliphatic heterocycles. The Hall–Kier alpha value is -1.62. The van der Waals surface area contributed by atoms with Crippen molar-refractivity contribution in [3.8, 4) is 0 Å². The van der Waals surface area contributed by atoms with Crippen LogP contribution < -0.4 is 10.6 Å². The van der Waals surface area contributed by atoms with Gasteiger partial charge in [0.1, 0.15) is 5.82 Å². The van der Waals surface area contributed by atoms with Crippen LogP contribution in [-0.2, 0) is 9.53 Å². The lowest BCUT2D eigenvalue weighted by Crippen LogP contribution is -2.10. The smallest absolute Gasteiger partial charge is 0.224 e. The van der Waals surface area contributed by atoms with E-state index < -0.39 is 0 Å². The van der Waals surface area contributed by atoms with E-state index in [1.165, 1.54) is 0 Å². The molecule has 1 amide bonds. The number of carbonyl (C=O) groups excluding carboxylic acids is 1. The summed E-state index contributed by atoms with van der Waals surface area (Å²) in [5.74, 6) is 0.795. The van der Waals surface area contributed by atoms with Gasteiger partial charge < -0.3 is 15.4 Å². The van der Waals surface area contributed by atoms with E-state index in [2.05, 4.69) is 15.6 Å². The molecule has 0 spiro atoms. The molecular formula is C12H19N3O2. The van der Waals surface area contributed by atoms with Gasteiger partial charge in [0, 0.05) is 26.7 Å². The molecule has 1 rings (SSSR count). The molecule has 0 bridgehead atoms. The van der Waals surface area contributed by atoms with Crippen LogP contribution in [0.15, 0.2) is 18.3 Å². The summed E-state index contributed by atoms with van der Waals surface area (Å²) in [5, 5.41) is 5.92. The van der Waals surface area contributed by atoms with Crippen LogP contribution in [0.4, 0.5) is 11.5 Å². The van der Waals surface area contributed by atoms with Crippen molar-refractivity contribution in [1.82, 2.24) is 4.98 Å². The fourth-order valence-corrected chi connectivity index (χ4v) is 1.25. The molecule has 2 N–H and O–H groups in total. The third-order valence-corrected chi connectivity index (χ3v) is 2.20. The Labute approximate surface area is 102 Å². The predicted molar refractivity (Wildman–Crippen MR) is 68.1 cm³/mol. The summed E-state index contributed by atoms with van der Waals surface area (Å²) in [7, 11) is 1.68. The van der Waals surface area contributed by atoms with Gasteiger partial charge in [-0.2, -0.15) is 0 Å². The molecule has 17 heavy (non-hydrogen) atoms. The molecule has 0 aromatic carbocycles. The molecule has 0 aliphatic rings. The molecule has 5 nitrogen and oxygen atoms in total. The number of aromatic nitrogens is 1. The van der Waals surface area contributed by atoms with Crippen molar-refractivity contribution in [3.05, 3.63) is 18.3 Å². The number of ether oxygens (including phenoxy) is 1. The molecule has 0 saturated heterocycles. The van der Waals surface area contributed by atoms with E-state index >= 15 is 0 Å². The Morgan fingerprint density at radius 3 is 2.88 bits per heavy atom. The van der Waals surface area contributed by atoms with Crippen molar-refractivity contribution in [2.24, 2.45) is 0 Å². The highest BCUT2D eigenvalue weighted by Crippen LogP contribution is 2.09. The van der Waals surface area contributed by atoms with E-state index in [0.29, 0.717) is 6.42 Å². The van der Waals surface area contributed by atoms with Gasteiger partial charge in [0.25, 0.3) is 0 Å². The number of nitrogens with one attached hydrogen (secondary N) is 2. The van der Waals surface area contributed by atoms with Gasteiger partial charge in [0.05, 0.1) is 11.9 Å². The van der Waals surface area contributed by atoms with Gasteiger partial charge in [0.2, 0.25) is 5.91 Å². The van der Waals surface area contributed by atoms with Gasteiger partial charge in [-0.05, 0) is 18.6 Å². The topological polar surface area (TPSA) is 63.2 Å². The van der Waals surface area contributed by atoms with Crippen molar-refractivity contribution in [2.45, 2.75) is 19.8 Å². The second-order valence-corrected chi connectivity index (χ2v) is 3.61. The fraction of sp³-hybridized carbons (Fsp3) is 0.500. The fourth-order valence-electron chi connectivity index (χ4n) is 1.25. The Morgan fingerprint density at radius 1 is 1.47 bits per heavy atom. The minimum atomic E-state index is -0.00685. The van der Waals surface area contributed by atoms with Gasteiger partial charge in [-0.1, -0.05) is 6.92 Å². The second kappa shape index (κ2) is 7.62. The molecule has 0 atom stereocenters. The van der Waals surface area contributed by atoms with Crippen LogP contribution in [0, 0.1) is 0 Å². The van der Waals surface area contributed by atoms with E-state index in [-0.39, 0.29) is 5.91 Å². The monoisotopic (exact) mass is 237 g/mol. The van der Waals surface area contributed by atoms with Gasteiger partial charge in [-0.25, -0.2) is 4.98 Å². The van der Waals surface area contributed by atoms with E-state index in [1.54, 1.807) is 13.3 Å². The zero-order valence-electron chi connectivity index (χ0n) is 10.3. The molecule has 0 fully saturated rings. The first-order valence-corrected chi connectivity index (χ1v) is 5.75. The molecule has 1 aromatic rings. The molecule has 0 aliphatic carbocycles. The normalized spacial score (nSPS) is 10.0. The first kappa shape index (κ1) is 13.4. The summed E-state index contributed by atoms with van der Waals surface area (Å²) in [6, 6.07) is 3.68. The lowest BCUT2D eigenvalue weighted by atomic mass is 10.3. The van der Waals surface area contributed by atoms with Crippen LogP contribution in [0.3, 0.4) is 0 Å². The lowest BCUT2D eigenvalue weighted by Gasteiger charge is -2.06. The largest absolute Gasteiger partial charge is 0.385 e.